The SMILES string of the molecule is C.CC(C)(C)OC(=O)N[C@H](C(=O)O)C1CCCCC1.CN[C@@H](C)C(=O)C[C@H](C(=O)N1CC[C@H]2CCN(CCc3ccccc3)C[C@H]21)C1CCCCC1.C[C@@H](C(=O)O)N(C)C(=O)OC(C)(C)C.N[C@H](C(=O)N1CC[C@H]2CCN(CCc3ccccc3)C[C@H]21)C1CCCCC1.c1ccc(CCN2CC[C@@H]3CCN[C@@H]3C2)cc1. The lowest BCUT2D eigenvalue weighted by Gasteiger charge is -2.40. The number of ketones is 1. The first-order chi connectivity index (χ1) is 52.1. The van der Waals surface area contributed by atoms with E-state index in [9.17, 15) is 38.7 Å². The van der Waals surface area contributed by atoms with Crippen LogP contribution >= 0.6 is 0 Å². The van der Waals surface area contributed by atoms with Gasteiger partial charge in [-0.1, -0.05) is 156 Å². The van der Waals surface area contributed by atoms with Gasteiger partial charge in [0.25, 0.3) is 0 Å². The summed E-state index contributed by atoms with van der Waals surface area (Å²) in [5.74, 6) is 1.59. The van der Waals surface area contributed by atoms with Gasteiger partial charge in [0.1, 0.15) is 29.1 Å². The van der Waals surface area contributed by atoms with Crippen LogP contribution in [0, 0.1) is 41.4 Å². The molecule has 4 amide bonds. The lowest BCUT2D eigenvalue weighted by molar-refractivity contribution is -0.143. The number of likely N-dealkylation sites (N-methyl/N-ethyl adjacent to an activating group) is 2. The number of alkyl carbamates (subject to hydrolysis) is 1. The molecule has 9 fully saturated rings. The smallest absolute Gasteiger partial charge is 0.410 e. The molecule has 3 aromatic rings. The highest BCUT2D eigenvalue weighted by molar-refractivity contribution is 5.90. The van der Waals surface area contributed by atoms with Crippen molar-refractivity contribution in [3.8, 4) is 0 Å². The Balaban J connectivity index is 0.000000198. The van der Waals surface area contributed by atoms with Crippen LogP contribution in [-0.2, 0) is 52.7 Å². The molecule has 21 heteroatoms. The van der Waals surface area contributed by atoms with E-state index < -0.39 is 47.4 Å². The molecule has 0 bridgehead atoms. The van der Waals surface area contributed by atoms with Crippen molar-refractivity contribution in [3.05, 3.63) is 108 Å². The molecule has 9 aliphatic rings. The molecule has 0 unspecified atom stereocenters. The Morgan fingerprint density at radius 3 is 1.36 bits per heavy atom. The number of carboxylic acid groups (broad SMARTS) is 2. The second kappa shape index (κ2) is 45.4. The highest BCUT2D eigenvalue weighted by Gasteiger charge is 2.46. The van der Waals surface area contributed by atoms with Crippen molar-refractivity contribution >= 4 is 41.7 Å². The molecule has 3 aromatic carbocycles. The number of carboxylic acids is 2. The van der Waals surface area contributed by atoms with Crippen LogP contribution < -0.4 is 21.7 Å². The Morgan fingerprint density at radius 2 is 0.936 bits per heavy atom. The van der Waals surface area contributed by atoms with Gasteiger partial charge in [-0.15, -0.1) is 0 Å². The zero-order chi connectivity index (χ0) is 78.6. The van der Waals surface area contributed by atoms with Crippen molar-refractivity contribution in [3.63, 3.8) is 0 Å². The van der Waals surface area contributed by atoms with E-state index in [-0.39, 0.29) is 48.9 Å². The summed E-state index contributed by atoms with van der Waals surface area (Å²) in [4.78, 5) is 97.9. The fourth-order valence-electron chi connectivity index (χ4n) is 18.1. The zero-order valence-electron chi connectivity index (χ0n) is 68.2. The van der Waals surface area contributed by atoms with Gasteiger partial charge in [0, 0.05) is 89.9 Å². The predicted octanol–water partition coefficient (Wildman–Crippen LogP) is 13.4. The maximum absolute atomic E-state index is 14.0. The summed E-state index contributed by atoms with van der Waals surface area (Å²) in [7, 11) is 3.23. The lowest BCUT2D eigenvalue weighted by Crippen LogP contribution is -2.55. The van der Waals surface area contributed by atoms with Crippen LogP contribution in [0.1, 0.15) is 221 Å². The van der Waals surface area contributed by atoms with Crippen LogP contribution in [0.3, 0.4) is 0 Å². The average molecular weight is 1530 g/mol. The van der Waals surface area contributed by atoms with E-state index in [1.165, 1.54) is 140 Å². The van der Waals surface area contributed by atoms with E-state index in [1.54, 1.807) is 41.5 Å². The number of ether oxygens (including phenoxy) is 2. The number of carbonyl (C=O) groups is 7. The van der Waals surface area contributed by atoms with Crippen LogP contribution in [0.4, 0.5) is 9.59 Å². The number of benzene rings is 3. The quantitative estimate of drug-likeness (QED) is 0.0546. The van der Waals surface area contributed by atoms with E-state index in [1.807, 2.05) is 14.0 Å². The van der Waals surface area contributed by atoms with Crippen molar-refractivity contribution in [2.45, 2.75) is 277 Å². The Labute approximate surface area is 661 Å². The topological polar surface area (TPSA) is 260 Å². The number of rotatable bonds is 22. The summed E-state index contributed by atoms with van der Waals surface area (Å²) in [6, 6.07) is 31.6. The molecule has 3 aliphatic carbocycles. The van der Waals surface area contributed by atoms with Crippen LogP contribution in [0.25, 0.3) is 0 Å². The van der Waals surface area contributed by atoms with Crippen LogP contribution in [0.5, 0.6) is 0 Å². The van der Waals surface area contributed by atoms with E-state index >= 15 is 0 Å². The number of hydrogen-bond donors (Lipinski definition) is 6. The summed E-state index contributed by atoms with van der Waals surface area (Å²) >= 11 is 0. The molecule has 7 N–H and O–H groups in total. The van der Waals surface area contributed by atoms with Crippen molar-refractivity contribution in [1.82, 2.24) is 45.3 Å². The van der Waals surface area contributed by atoms with Crippen LogP contribution in [-0.4, -0.2) is 227 Å². The summed E-state index contributed by atoms with van der Waals surface area (Å²) in [5.41, 5.74) is 9.49. The minimum atomic E-state index is -1.06. The Morgan fingerprint density at radius 1 is 0.527 bits per heavy atom. The normalized spacial score (nSPS) is 24.0. The highest BCUT2D eigenvalue weighted by atomic mass is 16.6. The molecule has 11 atom stereocenters. The summed E-state index contributed by atoms with van der Waals surface area (Å²) in [6.45, 7) is 27.1. The molecule has 0 spiro atoms. The Kier molecular flexibility index (Phi) is 37.4. The van der Waals surface area contributed by atoms with E-state index in [4.69, 9.17) is 20.3 Å². The lowest BCUT2D eigenvalue weighted by atomic mass is 9.76. The first kappa shape index (κ1) is 90.7. The number of hydrogen-bond acceptors (Lipinski definition) is 15. The van der Waals surface area contributed by atoms with Crippen molar-refractivity contribution in [2.75, 3.05) is 92.6 Å². The number of piperidine rings is 3. The second-order valence-electron chi connectivity index (χ2n) is 35.0. The van der Waals surface area contributed by atoms with Gasteiger partial charge in [-0.05, 0) is 237 Å². The standard InChI is InChI=1S/C28H43N3O2.C23H35N3O.C15H22N2.C13H23NO4.C9H17NO4.CH4/c1-21(29-2)27(32)19-25(23-11-7-4-8-12-23)28(33)31-18-15-24-14-17-30(20-26(24)31)16-13-22-9-5-3-6-10-22;24-22(20-9-5-2-6-10-20)23(27)26-16-13-19-12-15-25(17-21(19)26)14-11-18-7-3-1-4-8-18;1-2-4-13(5-3-1)7-10-17-11-8-14-6-9-16-15(14)12-17;1-13(2,3)18-12(17)14-10(11(15)16)9-7-5-4-6-8-9;1-6(7(11)12)10(5)8(13)14-9(2,3)4;/h3,5-6,9-10,21,23-26,29H,4,7-8,11-20H2,1-2H3;1,3-4,7-8,19-22H,2,5-6,9-17,24H2;1-5,14-16H,6-12H2;9-10H,4-8H2,1-3H3,(H,14,17)(H,15,16);6H,1-5H3,(H,11,12);1H4/t21-,24+,25-,26+;19-,21-,22+;14-,15+;10-;6-;/m01000./s1. The van der Waals surface area contributed by atoms with E-state index in [0.717, 1.165) is 140 Å². The number of nitrogens with one attached hydrogen (secondary N) is 3. The second-order valence-corrected chi connectivity index (χ2v) is 35.0. The Hall–Kier alpha value is -6.49. The molecule has 6 heterocycles. The van der Waals surface area contributed by atoms with Crippen molar-refractivity contribution in [1.29, 1.82) is 0 Å². The number of Topliss-reactive ketones (excluding diaryl/α,β-unsaturated/α-hetero) is 1. The summed E-state index contributed by atoms with van der Waals surface area (Å²) in [6.07, 6.45) is 26.8. The summed E-state index contributed by atoms with van der Waals surface area (Å²) < 4.78 is 10.1. The number of fused-ring (bicyclic) bond motifs is 3. The molecule has 616 valence electrons. The molecule has 21 nitrogen and oxygen atoms in total. The third-order valence-electron chi connectivity index (χ3n) is 24.9. The zero-order valence-corrected chi connectivity index (χ0v) is 68.2. The van der Waals surface area contributed by atoms with Crippen LogP contribution in [0.2, 0.25) is 0 Å². The number of carbonyl (C=O) groups excluding carboxylic acids is 5. The average Bonchev–Trinajstić information content (AvgIpc) is 1.67. The van der Waals surface area contributed by atoms with Gasteiger partial charge < -0.3 is 65.9 Å². The van der Waals surface area contributed by atoms with Gasteiger partial charge in [-0.25, -0.2) is 19.2 Å². The number of likely N-dealkylation sites (tertiary alicyclic amines) is 5. The fraction of sp³-hybridized carbons (Fsp3) is 0.719. The van der Waals surface area contributed by atoms with Gasteiger partial charge >= 0.3 is 24.1 Å². The van der Waals surface area contributed by atoms with Gasteiger partial charge in [0.05, 0.1) is 12.1 Å². The van der Waals surface area contributed by atoms with Gasteiger partial charge in [0.15, 0.2) is 0 Å². The van der Waals surface area contributed by atoms with E-state index in [2.05, 4.69) is 131 Å². The van der Waals surface area contributed by atoms with E-state index in [0.29, 0.717) is 42.2 Å². The molecule has 0 radical (unpaired) electrons. The monoisotopic (exact) mass is 1530 g/mol. The van der Waals surface area contributed by atoms with Crippen molar-refractivity contribution < 1.29 is 53.2 Å². The summed E-state index contributed by atoms with van der Waals surface area (Å²) in [5, 5.41) is 27.1. The molecule has 110 heavy (non-hydrogen) atoms. The first-order valence-corrected chi connectivity index (χ1v) is 42.1. The number of aliphatic carboxylic acids is 2. The third kappa shape index (κ3) is 29.2. The number of nitrogens with zero attached hydrogens (tertiary/aromatic N) is 6. The van der Waals surface area contributed by atoms with Crippen LogP contribution in [0.15, 0.2) is 91.0 Å². The van der Waals surface area contributed by atoms with Gasteiger partial charge in [0.2, 0.25) is 11.8 Å². The maximum atomic E-state index is 14.0. The molecule has 6 saturated heterocycles. The fourth-order valence-corrected chi connectivity index (χ4v) is 18.1. The van der Waals surface area contributed by atoms with Gasteiger partial charge in [-0.3, -0.25) is 19.3 Å². The molecular weight excluding hydrogens is 1390 g/mol. The largest absolute Gasteiger partial charge is 0.480 e. The first-order valence-electron chi connectivity index (χ1n) is 42.1. The van der Waals surface area contributed by atoms with Gasteiger partial charge in [-0.2, -0.15) is 0 Å². The van der Waals surface area contributed by atoms with Crippen molar-refractivity contribution in [2.24, 2.45) is 47.2 Å². The Bertz CT molecular complexity index is 3230. The molecule has 0 aromatic heterocycles. The molecule has 6 aliphatic heterocycles. The minimum Gasteiger partial charge on any atom is -0.480 e. The third-order valence-corrected chi connectivity index (χ3v) is 24.9. The number of amides is 4. The number of nitrogens with two attached hydrogens (primary N) is 1. The molecule has 3 saturated carbocycles. The maximum Gasteiger partial charge on any atom is 0.410 e. The molecule has 12 rings (SSSR count). The minimum absolute atomic E-state index is 0. The molecular formula is C89H144N10O11. The predicted molar refractivity (Wildman–Crippen MR) is 439 cm³/mol. The highest BCUT2D eigenvalue weighted by Crippen LogP contribution is 2.39.